The molecule has 0 saturated carbocycles. The Balaban J connectivity index is 3.16. The first-order valence-electron chi connectivity index (χ1n) is 5.17. The predicted octanol–water partition coefficient (Wildman–Crippen LogP) is 2.91. The van der Waals surface area contributed by atoms with Crippen molar-refractivity contribution in [1.82, 2.24) is 0 Å². The number of aliphatic hydroxyl groups excluding tert-OH is 1. The highest BCUT2D eigenvalue weighted by atomic mass is 16.3. The van der Waals surface area contributed by atoms with Crippen LogP contribution < -0.4 is 0 Å². The van der Waals surface area contributed by atoms with Gasteiger partial charge in [-0.2, -0.15) is 0 Å². The Morgan fingerprint density at radius 3 is 2.35 bits per heavy atom. The van der Waals surface area contributed by atoms with Gasteiger partial charge < -0.3 is 10.2 Å². The van der Waals surface area contributed by atoms with Gasteiger partial charge in [0, 0.05) is 6.07 Å². The Labute approximate surface area is 99.9 Å². The lowest BCUT2D eigenvalue weighted by Crippen LogP contribution is -2.09. The second kappa shape index (κ2) is 5.30. The van der Waals surface area contributed by atoms with E-state index in [-0.39, 0.29) is 22.9 Å². The molecule has 0 bridgehead atoms. The van der Waals surface area contributed by atoms with E-state index >= 15 is 0 Å². The Bertz CT molecular complexity index is 497. The van der Waals surface area contributed by atoms with Crippen molar-refractivity contribution in [3.05, 3.63) is 35.6 Å². The number of aliphatic imine (C=N–C) groups is 1. The molecule has 0 aliphatic carbocycles. The van der Waals surface area contributed by atoms with Gasteiger partial charge in [0.25, 0.3) is 0 Å². The normalized spacial score (nSPS) is 13.2. The van der Waals surface area contributed by atoms with E-state index in [0.29, 0.717) is 11.4 Å². The van der Waals surface area contributed by atoms with Gasteiger partial charge in [0.2, 0.25) is 0 Å². The predicted molar refractivity (Wildman–Crippen MR) is 66.9 cm³/mol. The molecule has 0 atom stereocenters. The maximum Gasteiger partial charge on any atom is 0.164 e. The zero-order valence-electron chi connectivity index (χ0n) is 10.1. The Hall–Kier alpha value is -2.10. The van der Waals surface area contributed by atoms with Crippen LogP contribution in [0.2, 0.25) is 0 Å². The molecule has 4 nitrogen and oxygen atoms in total. The Kier molecular flexibility index (Phi) is 4.04. The zero-order chi connectivity index (χ0) is 13.0. The molecule has 90 valence electrons. The number of nitrogens with zero attached hydrogens (tertiary/aromatic N) is 1. The molecule has 0 aliphatic heterocycles. The van der Waals surface area contributed by atoms with E-state index in [9.17, 15) is 15.0 Å². The summed E-state index contributed by atoms with van der Waals surface area (Å²) in [7, 11) is 0. The molecule has 17 heavy (non-hydrogen) atoms. The number of hydrogen-bond donors (Lipinski definition) is 2. The van der Waals surface area contributed by atoms with Crippen molar-refractivity contribution >= 4 is 17.2 Å². The van der Waals surface area contributed by atoms with Crippen LogP contribution in [0.15, 0.2) is 40.6 Å². The number of allylic oxidation sites excluding steroid dienone is 2. The molecule has 0 aromatic heterocycles. The minimum Gasteiger partial charge on any atom is -0.512 e. The number of carbonyl (C=O) groups excluding carboxylic acids is 1. The molecule has 4 heteroatoms. The van der Waals surface area contributed by atoms with Crippen molar-refractivity contribution in [3.8, 4) is 5.75 Å². The number of benzene rings is 1. The number of phenols is 1. The fourth-order valence-corrected chi connectivity index (χ4v) is 1.58. The molecule has 1 aromatic rings. The lowest BCUT2D eigenvalue weighted by Gasteiger charge is -2.05. The van der Waals surface area contributed by atoms with E-state index in [4.69, 9.17) is 0 Å². The highest BCUT2D eigenvalue weighted by Gasteiger charge is 2.11. The largest absolute Gasteiger partial charge is 0.512 e. The van der Waals surface area contributed by atoms with Crippen molar-refractivity contribution in [3.63, 3.8) is 0 Å². The summed E-state index contributed by atoms with van der Waals surface area (Å²) in [6.45, 7) is 4.45. The molecule has 0 unspecified atom stereocenters. The zero-order valence-corrected chi connectivity index (χ0v) is 10.1. The average molecular weight is 233 g/mol. The van der Waals surface area contributed by atoms with Crippen LogP contribution in [0.5, 0.6) is 5.75 Å². The second-order valence-electron chi connectivity index (χ2n) is 3.73. The van der Waals surface area contributed by atoms with E-state index in [2.05, 4.69) is 4.99 Å². The molecule has 2 N–H and O–H groups in total. The fraction of sp³-hybridized carbons (Fsp3) is 0.231. The van der Waals surface area contributed by atoms with E-state index in [1.54, 1.807) is 19.1 Å². The number of ketones is 1. The van der Waals surface area contributed by atoms with Crippen LogP contribution in [-0.4, -0.2) is 21.7 Å². The van der Waals surface area contributed by atoms with Gasteiger partial charge in [-0.15, -0.1) is 0 Å². The van der Waals surface area contributed by atoms with E-state index < -0.39 is 0 Å². The lowest BCUT2D eigenvalue weighted by molar-refractivity contribution is -0.113. The van der Waals surface area contributed by atoms with Crippen molar-refractivity contribution < 1.29 is 15.0 Å². The highest BCUT2D eigenvalue weighted by molar-refractivity contribution is 6.21. The molecule has 0 radical (unpaired) electrons. The Morgan fingerprint density at radius 2 is 1.88 bits per heavy atom. The van der Waals surface area contributed by atoms with Gasteiger partial charge in [-0.25, -0.2) is 0 Å². The number of carbonyl (C=O) groups is 1. The number of aliphatic hydroxyl groups is 1. The van der Waals surface area contributed by atoms with Crippen LogP contribution >= 0.6 is 0 Å². The van der Waals surface area contributed by atoms with Gasteiger partial charge in [0.15, 0.2) is 5.78 Å². The van der Waals surface area contributed by atoms with Crippen molar-refractivity contribution in [1.29, 1.82) is 0 Å². The number of Topliss-reactive ketones (excluding diaryl/α,β-unsaturated/α-hetero) is 1. The van der Waals surface area contributed by atoms with Gasteiger partial charge in [0.05, 0.1) is 17.0 Å². The third-order valence-electron chi connectivity index (χ3n) is 2.20. The third-order valence-corrected chi connectivity index (χ3v) is 2.20. The molecule has 1 aromatic carbocycles. The maximum absolute atomic E-state index is 11.3. The summed E-state index contributed by atoms with van der Waals surface area (Å²) in [5.74, 6) is -0.196. The summed E-state index contributed by atoms with van der Waals surface area (Å²) < 4.78 is 0. The summed E-state index contributed by atoms with van der Waals surface area (Å²) >= 11 is 0. The van der Waals surface area contributed by atoms with Crippen molar-refractivity contribution in [2.75, 3.05) is 0 Å². The number of rotatable bonds is 3. The van der Waals surface area contributed by atoms with Crippen LogP contribution in [0.3, 0.4) is 0 Å². The SMILES string of the molecule is CC(=O)/C(C(C)=Nc1cccc(O)c1)=C(\C)O. The van der Waals surface area contributed by atoms with Gasteiger partial charge >= 0.3 is 0 Å². The minimum atomic E-state index is -0.244. The van der Waals surface area contributed by atoms with Crippen molar-refractivity contribution in [2.24, 2.45) is 4.99 Å². The van der Waals surface area contributed by atoms with E-state index in [1.165, 1.54) is 26.0 Å². The summed E-state index contributed by atoms with van der Waals surface area (Å²) in [6.07, 6.45) is 0. The summed E-state index contributed by atoms with van der Waals surface area (Å²) in [6, 6.07) is 6.37. The topological polar surface area (TPSA) is 69.9 Å². The first kappa shape index (κ1) is 13.0. The molecular weight excluding hydrogens is 218 g/mol. The highest BCUT2D eigenvalue weighted by Crippen LogP contribution is 2.20. The van der Waals surface area contributed by atoms with Gasteiger partial charge in [0.1, 0.15) is 11.5 Å². The molecule has 0 aliphatic rings. The minimum absolute atomic E-state index is 0.0566. The summed E-state index contributed by atoms with van der Waals surface area (Å²) in [5, 5.41) is 18.7. The molecule has 0 heterocycles. The van der Waals surface area contributed by atoms with E-state index in [1.807, 2.05) is 0 Å². The molecule has 1 rings (SSSR count). The molecule has 0 amide bonds. The van der Waals surface area contributed by atoms with Gasteiger partial charge in [-0.3, -0.25) is 9.79 Å². The summed E-state index contributed by atoms with van der Waals surface area (Å²) in [4.78, 5) is 15.5. The first-order valence-corrected chi connectivity index (χ1v) is 5.17. The first-order chi connectivity index (χ1) is 7.91. The van der Waals surface area contributed by atoms with Gasteiger partial charge in [-0.1, -0.05) is 6.07 Å². The monoisotopic (exact) mass is 233 g/mol. The standard InChI is InChI=1S/C13H15NO3/c1-8(13(9(2)15)10(3)16)14-11-5-4-6-12(17)7-11/h4-7,15,17H,1-3H3/b13-9+,14-8?. The molecule has 0 saturated heterocycles. The number of aromatic hydroxyl groups is 1. The molecular formula is C13H15NO3. The molecule has 0 spiro atoms. The smallest absolute Gasteiger partial charge is 0.164 e. The second-order valence-corrected chi connectivity index (χ2v) is 3.73. The molecule has 0 fully saturated rings. The van der Waals surface area contributed by atoms with Gasteiger partial charge in [-0.05, 0) is 32.9 Å². The Morgan fingerprint density at radius 1 is 1.24 bits per heavy atom. The fourth-order valence-electron chi connectivity index (χ4n) is 1.58. The quantitative estimate of drug-likeness (QED) is 0.479. The summed E-state index contributed by atoms with van der Waals surface area (Å²) in [5.41, 5.74) is 1.15. The average Bonchev–Trinajstić information content (AvgIpc) is 2.15. The van der Waals surface area contributed by atoms with Crippen LogP contribution in [0.1, 0.15) is 20.8 Å². The van der Waals surface area contributed by atoms with E-state index in [0.717, 1.165) is 0 Å². The van der Waals surface area contributed by atoms with Crippen LogP contribution in [0.25, 0.3) is 0 Å². The van der Waals surface area contributed by atoms with Crippen LogP contribution in [-0.2, 0) is 4.79 Å². The third kappa shape index (κ3) is 3.45. The van der Waals surface area contributed by atoms with Crippen molar-refractivity contribution in [2.45, 2.75) is 20.8 Å². The lowest BCUT2D eigenvalue weighted by atomic mass is 10.1. The number of hydrogen-bond acceptors (Lipinski definition) is 4. The number of phenolic OH excluding ortho intramolecular Hbond substituents is 1. The van der Waals surface area contributed by atoms with Crippen LogP contribution in [0.4, 0.5) is 5.69 Å². The van der Waals surface area contributed by atoms with Crippen LogP contribution in [0, 0.1) is 0 Å². The maximum atomic E-state index is 11.3.